The molecule has 1 aliphatic heterocycles. The van der Waals surface area contributed by atoms with Crippen LogP contribution < -0.4 is 4.74 Å². The maximum atomic E-state index is 13.9. The number of ether oxygens (including phenoxy) is 1. The van der Waals surface area contributed by atoms with Crippen molar-refractivity contribution >= 4 is 5.91 Å². The van der Waals surface area contributed by atoms with Crippen LogP contribution in [0.3, 0.4) is 0 Å². The number of hydrogen-bond acceptors (Lipinski definition) is 2. The van der Waals surface area contributed by atoms with Gasteiger partial charge in [-0.05, 0) is 73.3 Å². The minimum Gasteiger partial charge on any atom is -0.497 e. The number of nitrogens with zero attached hydrogens (tertiary/aromatic N) is 1. The molecule has 4 heteroatoms. The van der Waals surface area contributed by atoms with Crippen molar-refractivity contribution in [2.75, 3.05) is 20.2 Å². The normalized spacial score (nSPS) is 22.1. The van der Waals surface area contributed by atoms with E-state index in [1.165, 1.54) is 11.6 Å². The molecule has 0 spiro atoms. The van der Waals surface area contributed by atoms with E-state index in [0.29, 0.717) is 11.5 Å². The van der Waals surface area contributed by atoms with Crippen molar-refractivity contribution in [3.63, 3.8) is 0 Å². The maximum absolute atomic E-state index is 13.9. The third kappa shape index (κ3) is 4.21. The van der Waals surface area contributed by atoms with Crippen molar-refractivity contribution < 1.29 is 13.9 Å². The Morgan fingerprint density at radius 3 is 2.50 bits per heavy atom. The standard InChI is InChI=1S/C24H28FNO2/c1-28-19-10-8-17(9-11-19)6-7-18-12-14-26(15-13-18)24(27)22-16-21(22)20-4-2-3-5-23(20)25/h2-5,8-11,18,21-22H,6-7,12-16H2,1H3. The predicted octanol–water partition coefficient (Wildman–Crippen LogP) is 4.81. The number of carbonyl (C=O) groups is 1. The van der Waals surface area contributed by atoms with Crippen LogP contribution in [0.4, 0.5) is 4.39 Å². The molecule has 0 N–H and O–H groups in total. The van der Waals surface area contributed by atoms with Gasteiger partial charge in [0.05, 0.1) is 7.11 Å². The first-order chi connectivity index (χ1) is 13.7. The summed E-state index contributed by atoms with van der Waals surface area (Å²) in [5, 5.41) is 0. The van der Waals surface area contributed by atoms with Crippen molar-refractivity contribution in [1.29, 1.82) is 0 Å². The lowest BCUT2D eigenvalue weighted by Crippen LogP contribution is -2.39. The minimum atomic E-state index is -0.181. The van der Waals surface area contributed by atoms with E-state index >= 15 is 0 Å². The number of benzene rings is 2. The number of halogens is 1. The van der Waals surface area contributed by atoms with Crippen molar-refractivity contribution in [3.8, 4) is 5.75 Å². The topological polar surface area (TPSA) is 29.5 Å². The summed E-state index contributed by atoms with van der Waals surface area (Å²) in [6.07, 6.45) is 5.16. The Morgan fingerprint density at radius 2 is 1.82 bits per heavy atom. The Balaban J connectivity index is 1.23. The number of carbonyl (C=O) groups excluding carboxylic acids is 1. The summed E-state index contributed by atoms with van der Waals surface area (Å²) in [6.45, 7) is 1.68. The number of amides is 1. The molecule has 4 rings (SSSR count). The molecule has 1 saturated heterocycles. The largest absolute Gasteiger partial charge is 0.497 e. The summed E-state index contributed by atoms with van der Waals surface area (Å²) in [7, 11) is 1.68. The van der Waals surface area contributed by atoms with Crippen LogP contribution >= 0.6 is 0 Å². The second-order valence-corrected chi connectivity index (χ2v) is 8.13. The van der Waals surface area contributed by atoms with Gasteiger partial charge < -0.3 is 9.64 Å². The molecule has 0 bridgehead atoms. The van der Waals surface area contributed by atoms with Crippen molar-refractivity contribution in [2.45, 2.75) is 38.0 Å². The lowest BCUT2D eigenvalue weighted by molar-refractivity contribution is -0.134. The maximum Gasteiger partial charge on any atom is 0.226 e. The van der Waals surface area contributed by atoms with Gasteiger partial charge >= 0.3 is 0 Å². The summed E-state index contributed by atoms with van der Waals surface area (Å²) in [4.78, 5) is 14.8. The summed E-state index contributed by atoms with van der Waals surface area (Å²) in [5.74, 6) is 1.66. The molecule has 148 valence electrons. The molecule has 2 fully saturated rings. The number of likely N-dealkylation sites (tertiary alicyclic amines) is 1. The molecule has 28 heavy (non-hydrogen) atoms. The Labute approximate surface area is 166 Å². The van der Waals surface area contributed by atoms with Crippen LogP contribution in [-0.4, -0.2) is 31.0 Å². The molecule has 1 amide bonds. The molecule has 0 radical (unpaired) electrons. The van der Waals surface area contributed by atoms with Crippen LogP contribution in [0.5, 0.6) is 5.75 Å². The molecule has 2 aliphatic rings. The average Bonchev–Trinajstić information content (AvgIpc) is 3.53. The molecule has 1 saturated carbocycles. The van der Waals surface area contributed by atoms with Gasteiger partial charge in [-0.15, -0.1) is 0 Å². The first kappa shape index (κ1) is 19.0. The molecule has 0 aromatic heterocycles. The van der Waals surface area contributed by atoms with Crippen LogP contribution in [0, 0.1) is 17.7 Å². The number of methoxy groups -OCH3 is 1. The van der Waals surface area contributed by atoms with Crippen molar-refractivity contribution in [3.05, 3.63) is 65.5 Å². The Morgan fingerprint density at radius 1 is 1.11 bits per heavy atom. The highest BCUT2D eigenvalue weighted by Crippen LogP contribution is 2.49. The molecule has 2 unspecified atom stereocenters. The minimum absolute atomic E-state index is 0.0206. The van der Waals surface area contributed by atoms with Gasteiger partial charge in [0.15, 0.2) is 0 Å². The van der Waals surface area contributed by atoms with Gasteiger partial charge in [0.25, 0.3) is 0 Å². The van der Waals surface area contributed by atoms with E-state index < -0.39 is 0 Å². The fourth-order valence-electron chi connectivity index (χ4n) is 4.43. The highest BCUT2D eigenvalue weighted by molar-refractivity contribution is 5.83. The predicted molar refractivity (Wildman–Crippen MR) is 108 cm³/mol. The molecular formula is C24H28FNO2. The summed E-state index contributed by atoms with van der Waals surface area (Å²) in [6, 6.07) is 15.2. The van der Waals surface area contributed by atoms with E-state index in [9.17, 15) is 9.18 Å². The van der Waals surface area contributed by atoms with E-state index in [0.717, 1.165) is 50.9 Å². The lowest BCUT2D eigenvalue weighted by Gasteiger charge is -2.32. The molecular weight excluding hydrogens is 353 g/mol. The summed E-state index contributed by atoms with van der Waals surface area (Å²) in [5.41, 5.74) is 2.04. The first-order valence-electron chi connectivity index (χ1n) is 10.3. The fraction of sp³-hybridized carbons (Fsp3) is 0.458. The zero-order chi connectivity index (χ0) is 19.5. The van der Waals surface area contributed by atoms with E-state index in [1.807, 2.05) is 29.2 Å². The first-order valence-corrected chi connectivity index (χ1v) is 10.3. The van der Waals surface area contributed by atoms with Crippen LogP contribution in [0.25, 0.3) is 0 Å². The second-order valence-electron chi connectivity index (χ2n) is 8.13. The quantitative estimate of drug-likeness (QED) is 0.719. The monoisotopic (exact) mass is 381 g/mol. The third-order valence-corrected chi connectivity index (χ3v) is 6.34. The van der Waals surface area contributed by atoms with Gasteiger partial charge in [-0.3, -0.25) is 4.79 Å². The van der Waals surface area contributed by atoms with Gasteiger partial charge in [-0.1, -0.05) is 30.3 Å². The van der Waals surface area contributed by atoms with E-state index in [2.05, 4.69) is 12.1 Å². The van der Waals surface area contributed by atoms with Gasteiger partial charge in [0.1, 0.15) is 11.6 Å². The highest BCUT2D eigenvalue weighted by atomic mass is 19.1. The smallest absolute Gasteiger partial charge is 0.226 e. The van der Waals surface area contributed by atoms with Crippen LogP contribution in [0.1, 0.15) is 42.7 Å². The summed E-state index contributed by atoms with van der Waals surface area (Å²) < 4.78 is 19.2. The number of hydrogen-bond donors (Lipinski definition) is 0. The van der Waals surface area contributed by atoms with Crippen molar-refractivity contribution in [1.82, 2.24) is 4.90 Å². The SMILES string of the molecule is COc1ccc(CCC2CCN(C(=O)C3CC3c3ccccc3F)CC2)cc1. The number of piperidine rings is 1. The lowest BCUT2D eigenvalue weighted by atomic mass is 9.90. The van der Waals surface area contributed by atoms with Gasteiger partial charge in [0, 0.05) is 19.0 Å². The number of rotatable bonds is 6. The van der Waals surface area contributed by atoms with Crippen LogP contribution in [0.2, 0.25) is 0 Å². The Hall–Kier alpha value is -2.36. The van der Waals surface area contributed by atoms with Crippen molar-refractivity contribution in [2.24, 2.45) is 11.8 Å². The van der Waals surface area contributed by atoms with Gasteiger partial charge in [0.2, 0.25) is 5.91 Å². The molecule has 2 aromatic rings. The second kappa shape index (κ2) is 8.34. The van der Waals surface area contributed by atoms with Crippen LogP contribution in [0.15, 0.2) is 48.5 Å². The van der Waals surface area contributed by atoms with E-state index in [-0.39, 0.29) is 23.6 Å². The van der Waals surface area contributed by atoms with E-state index in [4.69, 9.17) is 4.74 Å². The van der Waals surface area contributed by atoms with Crippen LogP contribution in [-0.2, 0) is 11.2 Å². The molecule has 3 nitrogen and oxygen atoms in total. The molecule has 2 atom stereocenters. The molecule has 2 aromatic carbocycles. The summed E-state index contributed by atoms with van der Waals surface area (Å²) >= 11 is 0. The molecule has 1 aliphatic carbocycles. The zero-order valence-electron chi connectivity index (χ0n) is 16.4. The van der Waals surface area contributed by atoms with Gasteiger partial charge in [-0.2, -0.15) is 0 Å². The van der Waals surface area contributed by atoms with E-state index in [1.54, 1.807) is 13.2 Å². The Bertz CT molecular complexity index is 812. The third-order valence-electron chi connectivity index (χ3n) is 6.34. The Kier molecular flexibility index (Phi) is 5.65. The zero-order valence-corrected chi connectivity index (χ0v) is 16.4. The number of aryl methyl sites for hydroxylation is 1. The van der Waals surface area contributed by atoms with Gasteiger partial charge in [-0.25, -0.2) is 4.39 Å². The fourth-order valence-corrected chi connectivity index (χ4v) is 4.43. The highest BCUT2D eigenvalue weighted by Gasteiger charge is 2.47. The average molecular weight is 381 g/mol. The molecule has 1 heterocycles.